The molecular weight excluding hydrogens is 344 g/mol. The molecule has 0 aromatic heterocycles. The molecule has 24 heavy (non-hydrogen) atoms. The molecule has 0 aliphatic heterocycles. The monoisotopic (exact) mass is 360 g/mol. The third-order valence-electron chi connectivity index (χ3n) is 3.81. The van der Waals surface area contributed by atoms with Crippen molar-refractivity contribution in [3.8, 4) is 0 Å². The highest BCUT2D eigenvalue weighted by Crippen LogP contribution is 2.35. The number of rotatable bonds is 4. The number of sulfone groups is 2. The van der Waals surface area contributed by atoms with E-state index in [1.807, 2.05) is 0 Å². The molecule has 0 radical (unpaired) electrons. The number of benzene rings is 2. The SMILES string of the molecule is O=S(=O)(/C=C1/CC/C1=C\S(=O)(=O)c1ccccc1)c1ccccc1. The fourth-order valence-electron chi connectivity index (χ4n) is 2.41. The van der Waals surface area contributed by atoms with Crippen LogP contribution in [-0.4, -0.2) is 16.8 Å². The van der Waals surface area contributed by atoms with Gasteiger partial charge < -0.3 is 0 Å². The Kier molecular flexibility index (Phi) is 4.43. The highest BCUT2D eigenvalue weighted by atomic mass is 32.2. The van der Waals surface area contributed by atoms with Crippen molar-refractivity contribution in [2.24, 2.45) is 0 Å². The quantitative estimate of drug-likeness (QED) is 0.837. The molecule has 0 heterocycles. The maximum Gasteiger partial charge on any atom is 0.200 e. The Morgan fingerprint density at radius 2 is 0.917 bits per heavy atom. The standard InChI is InChI=1S/C18H16O4S2/c19-23(20,17-7-3-1-4-8-17)13-15-11-12-16(15)14-24(21,22)18-9-5-2-6-10-18/h1-10,13-14H,11-12H2/b15-13-,16-14+. The summed E-state index contributed by atoms with van der Waals surface area (Å²) in [5.41, 5.74) is 1.11. The first-order valence-corrected chi connectivity index (χ1v) is 10.5. The Hall–Kier alpha value is -2.18. The van der Waals surface area contributed by atoms with Gasteiger partial charge in [-0.2, -0.15) is 0 Å². The molecule has 0 atom stereocenters. The zero-order valence-corrected chi connectivity index (χ0v) is 14.4. The van der Waals surface area contributed by atoms with E-state index >= 15 is 0 Å². The molecule has 0 bridgehead atoms. The molecule has 124 valence electrons. The van der Waals surface area contributed by atoms with Crippen LogP contribution in [0.1, 0.15) is 12.8 Å². The van der Waals surface area contributed by atoms with E-state index in [9.17, 15) is 16.8 Å². The summed E-state index contributed by atoms with van der Waals surface area (Å²) in [6, 6.07) is 16.2. The largest absolute Gasteiger partial charge is 0.219 e. The molecule has 1 aliphatic rings. The summed E-state index contributed by atoms with van der Waals surface area (Å²) in [7, 11) is -7.14. The molecular formula is C18H16O4S2. The van der Waals surface area contributed by atoms with E-state index in [-0.39, 0.29) is 9.79 Å². The Labute approximate surface area is 142 Å². The maximum atomic E-state index is 12.4. The first-order chi connectivity index (χ1) is 11.4. The van der Waals surface area contributed by atoms with Gasteiger partial charge in [-0.25, -0.2) is 16.8 Å². The third-order valence-corrected chi connectivity index (χ3v) is 6.86. The predicted octanol–water partition coefficient (Wildman–Crippen LogP) is 3.50. The zero-order valence-electron chi connectivity index (χ0n) is 12.8. The summed E-state index contributed by atoms with van der Waals surface area (Å²) in [5, 5.41) is 2.36. The van der Waals surface area contributed by atoms with Crippen LogP contribution in [-0.2, 0) is 19.7 Å². The van der Waals surface area contributed by atoms with Gasteiger partial charge in [0.1, 0.15) is 0 Å². The summed E-state index contributed by atoms with van der Waals surface area (Å²) < 4.78 is 49.5. The van der Waals surface area contributed by atoms with Crippen molar-refractivity contribution in [3.63, 3.8) is 0 Å². The molecule has 0 amide bonds. The Balaban J connectivity index is 1.93. The van der Waals surface area contributed by atoms with Gasteiger partial charge in [0.15, 0.2) is 19.7 Å². The van der Waals surface area contributed by atoms with E-state index < -0.39 is 19.7 Å². The highest BCUT2D eigenvalue weighted by molar-refractivity contribution is 7.94. The second kappa shape index (κ2) is 6.37. The van der Waals surface area contributed by atoms with Crippen LogP contribution < -0.4 is 0 Å². The number of allylic oxidation sites excluding steroid dienone is 2. The van der Waals surface area contributed by atoms with Crippen LogP contribution in [0, 0.1) is 0 Å². The fourth-order valence-corrected chi connectivity index (χ4v) is 5.05. The lowest BCUT2D eigenvalue weighted by Crippen LogP contribution is -2.09. The van der Waals surface area contributed by atoms with Gasteiger partial charge in [-0.3, -0.25) is 0 Å². The second-order valence-electron chi connectivity index (χ2n) is 5.50. The summed E-state index contributed by atoms with van der Waals surface area (Å²) in [6.07, 6.45) is 1.12. The van der Waals surface area contributed by atoms with Crippen molar-refractivity contribution >= 4 is 19.7 Å². The molecule has 0 saturated heterocycles. The van der Waals surface area contributed by atoms with E-state index in [4.69, 9.17) is 0 Å². The van der Waals surface area contributed by atoms with Gasteiger partial charge >= 0.3 is 0 Å². The molecule has 4 nitrogen and oxygen atoms in total. The Morgan fingerprint density at radius 1 is 0.583 bits per heavy atom. The topological polar surface area (TPSA) is 68.3 Å². The molecule has 0 N–H and O–H groups in total. The van der Waals surface area contributed by atoms with Gasteiger partial charge in [0.2, 0.25) is 0 Å². The highest BCUT2D eigenvalue weighted by Gasteiger charge is 2.24. The number of hydrogen-bond acceptors (Lipinski definition) is 4. The molecule has 3 rings (SSSR count). The normalized spacial score (nSPS) is 18.5. The van der Waals surface area contributed by atoms with Gasteiger partial charge in [-0.05, 0) is 48.3 Å². The molecule has 1 fully saturated rings. The first kappa shape index (κ1) is 16.7. The minimum Gasteiger partial charge on any atom is -0.219 e. The molecule has 6 heteroatoms. The summed E-state index contributed by atoms with van der Waals surface area (Å²) in [5.74, 6) is 0. The van der Waals surface area contributed by atoms with Crippen LogP contribution in [0.2, 0.25) is 0 Å². The molecule has 1 saturated carbocycles. The smallest absolute Gasteiger partial charge is 0.200 e. The van der Waals surface area contributed by atoms with E-state index in [1.54, 1.807) is 36.4 Å². The molecule has 0 spiro atoms. The van der Waals surface area contributed by atoms with Gasteiger partial charge in [0.25, 0.3) is 0 Å². The van der Waals surface area contributed by atoms with E-state index in [2.05, 4.69) is 0 Å². The summed E-state index contributed by atoms with van der Waals surface area (Å²) >= 11 is 0. The van der Waals surface area contributed by atoms with Crippen LogP contribution in [0.5, 0.6) is 0 Å². The Bertz CT molecular complexity index is 916. The van der Waals surface area contributed by atoms with Crippen molar-refractivity contribution in [3.05, 3.63) is 82.6 Å². The number of hydrogen-bond donors (Lipinski definition) is 0. The van der Waals surface area contributed by atoms with Gasteiger partial charge in [0.05, 0.1) is 9.79 Å². The van der Waals surface area contributed by atoms with Gasteiger partial charge in [-0.15, -0.1) is 0 Å². The van der Waals surface area contributed by atoms with Crippen molar-refractivity contribution < 1.29 is 16.8 Å². The lowest BCUT2D eigenvalue weighted by Gasteiger charge is -2.21. The summed E-state index contributed by atoms with van der Waals surface area (Å²) in [6.45, 7) is 0. The average Bonchev–Trinajstić information content (AvgIpc) is 2.59. The van der Waals surface area contributed by atoms with Crippen molar-refractivity contribution in [1.82, 2.24) is 0 Å². The lowest BCUT2D eigenvalue weighted by molar-refractivity contribution is 0.601. The van der Waals surface area contributed by atoms with Gasteiger partial charge in [0, 0.05) is 10.8 Å². The van der Waals surface area contributed by atoms with Crippen LogP contribution in [0.4, 0.5) is 0 Å². The second-order valence-corrected chi connectivity index (χ2v) is 9.10. The molecule has 0 unspecified atom stereocenters. The summed E-state index contributed by atoms with van der Waals surface area (Å²) in [4.78, 5) is 0.407. The van der Waals surface area contributed by atoms with Crippen molar-refractivity contribution in [1.29, 1.82) is 0 Å². The van der Waals surface area contributed by atoms with Crippen molar-refractivity contribution in [2.75, 3.05) is 0 Å². The van der Waals surface area contributed by atoms with Crippen LogP contribution in [0.25, 0.3) is 0 Å². The minimum absolute atomic E-state index is 0.203. The average molecular weight is 360 g/mol. The van der Waals surface area contributed by atoms with Crippen LogP contribution >= 0.6 is 0 Å². The molecule has 2 aromatic carbocycles. The lowest BCUT2D eigenvalue weighted by atomic mass is 9.88. The maximum absolute atomic E-state index is 12.4. The first-order valence-electron chi connectivity index (χ1n) is 7.40. The zero-order chi connectivity index (χ0) is 17.2. The van der Waals surface area contributed by atoms with Crippen LogP contribution in [0.15, 0.2) is 92.4 Å². The minimum atomic E-state index is -3.57. The van der Waals surface area contributed by atoms with Crippen molar-refractivity contribution in [2.45, 2.75) is 22.6 Å². The molecule has 2 aromatic rings. The van der Waals surface area contributed by atoms with Crippen LogP contribution in [0.3, 0.4) is 0 Å². The van der Waals surface area contributed by atoms with E-state index in [0.717, 1.165) is 0 Å². The predicted molar refractivity (Wildman–Crippen MR) is 92.7 cm³/mol. The fraction of sp³-hybridized carbons (Fsp3) is 0.111. The van der Waals surface area contributed by atoms with Gasteiger partial charge in [-0.1, -0.05) is 36.4 Å². The van der Waals surface area contributed by atoms with E-state index in [1.165, 1.54) is 35.1 Å². The van der Waals surface area contributed by atoms with E-state index in [0.29, 0.717) is 24.0 Å². The third kappa shape index (κ3) is 3.49. The Morgan fingerprint density at radius 3 is 1.21 bits per heavy atom. The molecule has 1 aliphatic carbocycles.